The van der Waals surface area contributed by atoms with Gasteiger partial charge in [-0.1, -0.05) is 18.2 Å². The summed E-state index contributed by atoms with van der Waals surface area (Å²) in [6.45, 7) is 3.93. The molecule has 1 rings (SSSR count). The molecule has 6 heteroatoms. The van der Waals surface area contributed by atoms with E-state index in [1.165, 1.54) is 0 Å². The zero-order valence-electron chi connectivity index (χ0n) is 11.1. The first-order chi connectivity index (χ1) is 8.44. The van der Waals surface area contributed by atoms with Crippen molar-refractivity contribution in [3.8, 4) is 0 Å². The van der Waals surface area contributed by atoms with E-state index in [1.807, 2.05) is 19.9 Å². The van der Waals surface area contributed by atoms with Crippen LogP contribution in [0.25, 0.3) is 0 Å². The van der Waals surface area contributed by atoms with Gasteiger partial charge >= 0.3 is 0 Å². The lowest BCUT2D eigenvalue weighted by Crippen LogP contribution is -2.51. The lowest BCUT2D eigenvalue weighted by molar-refractivity contribution is -0.121. The van der Waals surface area contributed by atoms with Gasteiger partial charge in [-0.2, -0.15) is 0 Å². The van der Waals surface area contributed by atoms with Gasteiger partial charge in [-0.05, 0) is 26.0 Å². The zero-order chi connectivity index (χ0) is 13.6. The molecule has 0 aromatic heterocycles. The van der Waals surface area contributed by atoms with Crippen LogP contribution in [0.3, 0.4) is 0 Å². The van der Waals surface area contributed by atoms with Crippen LogP contribution in [0.15, 0.2) is 30.3 Å². The van der Waals surface area contributed by atoms with Gasteiger partial charge in [-0.25, -0.2) is 0 Å². The minimum Gasteiger partial charge on any atom is -0.348 e. The molecule has 0 heterocycles. The maximum absolute atomic E-state index is 11.7. The molecule has 5 nitrogen and oxygen atoms in total. The minimum absolute atomic E-state index is 0. The Hall–Kier alpha value is -1.59. The Bertz CT molecular complexity index is 421. The van der Waals surface area contributed by atoms with Crippen molar-refractivity contribution in [2.45, 2.75) is 19.4 Å². The van der Waals surface area contributed by atoms with E-state index in [0.29, 0.717) is 12.1 Å². The van der Waals surface area contributed by atoms with Gasteiger partial charge in [0, 0.05) is 17.6 Å². The molecule has 1 aromatic rings. The molecule has 0 aliphatic carbocycles. The Labute approximate surface area is 119 Å². The molecule has 0 aliphatic rings. The summed E-state index contributed by atoms with van der Waals surface area (Å²) in [6, 6.07) is 8.75. The standard InChI is InChI=1S/C13H19N3O2.ClH/c1-13(2,9-14)16-11(17)8-15-12(18)10-6-4-3-5-7-10;/h3-7H,8-9,14H2,1-2H3,(H,15,18)(H,16,17);1H. The van der Waals surface area contributed by atoms with Crippen molar-refractivity contribution in [2.75, 3.05) is 13.1 Å². The monoisotopic (exact) mass is 285 g/mol. The molecule has 0 saturated heterocycles. The first-order valence-electron chi connectivity index (χ1n) is 5.79. The third-order valence-electron chi connectivity index (χ3n) is 2.43. The van der Waals surface area contributed by atoms with Gasteiger partial charge in [0.05, 0.1) is 6.54 Å². The quantitative estimate of drug-likeness (QED) is 0.744. The van der Waals surface area contributed by atoms with Gasteiger partial charge in [-0.15, -0.1) is 12.4 Å². The van der Waals surface area contributed by atoms with Crippen LogP contribution in [-0.2, 0) is 4.79 Å². The van der Waals surface area contributed by atoms with Gasteiger partial charge in [-0.3, -0.25) is 9.59 Å². The number of nitrogens with two attached hydrogens (primary N) is 1. The molecule has 4 N–H and O–H groups in total. The van der Waals surface area contributed by atoms with E-state index < -0.39 is 5.54 Å². The molecule has 0 aliphatic heterocycles. The van der Waals surface area contributed by atoms with E-state index in [0.717, 1.165) is 0 Å². The first-order valence-corrected chi connectivity index (χ1v) is 5.79. The molecule has 106 valence electrons. The molecule has 0 spiro atoms. The van der Waals surface area contributed by atoms with Crippen LogP contribution in [-0.4, -0.2) is 30.4 Å². The van der Waals surface area contributed by atoms with Gasteiger partial charge < -0.3 is 16.4 Å². The maximum atomic E-state index is 11.7. The Balaban J connectivity index is 0.00000324. The molecule has 19 heavy (non-hydrogen) atoms. The van der Waals surface area contributed by atoms with Crippen molar-refractivity contribution in [3.63, 3.8) is 0 Å². The molecule has 0 saturated carbocycles. The summed E-state index contributed by atoms with van der Waals surface area (Å²) in [5, 5.41) is 5.29. The van der Waals surface area contributed by atoms with E-state index in [4.69, 9.17) is 5.73 Å². The Morgan fingerprint density at radius 1 is 1.21 bits per heavy atom. The Morgan fingerprint density at radius 3 is 2.32 bits per heavy atom. The molecule has 0 unspecified atom stereocenters. The number of hydrogen-bond acceptors (Lipinski definition) is 3. The third kappa shape index (κ3) is 6.22. The van der Waals surface area contributed by atoms with Crippen LogP contribution in [0.2, 0.25) is 0 Å². The summed E-state index contributed by atoms with van der Waals surface area (Å²) in [7, 11) is 0. The molecule has 0 bridgehead atoms. The fourth-order valence-electron chi connectivity index (χ4n) is 1.32. The average molecular weight is 286 g/mol. The van der Waals surface area contributed by atoms with Crippen molar-refractivity contribution in [3.05, 3.63) is 35.9 Å². The second-order valence-electron chi connectivity index (χ2n) is 4.68. The van der Waals surface area contributed by atoms with Crippen molar-refractivity contribution < 1.29 is 9.59 Å². The second kappa shape index (κ2) is 7.76. The van der Waals surface area contributed by atoms with E-state index in [2.05, 4.69) is 10.6 Å². The summed E-state index contributed by atoms with van der Waals surface area (Å²) in [4.78, 5) is 23.2. The zero-order valence-corrected chi connectivity index (χ0v) is 11.9. The highest BCUT2D eigenvalue weighted by atomic mass is 35.5. The van der Waals surface area contributed by atoms with Crippen LogP contribution < -0.4 is 16.4 Å². The maximum Gasteiger partial charge on any atom is 0.251 e. The summed E-state index contributed by atoms with van der Waals surface area (Å²) < 4.78 is 0. The lowest BCUT2D eigenvalue weighted by atomic mass is 10.1. The average Bonchev–Trinajstić information content (AvgIpc) is 2.36. The predicted octanol–water partition coefficient (Wildman–Crippen LogP) is 0.692. The summed E-state index contributed by atoms with van der Waals surface area (Å²) in [5.41, 5.74) is 5.57. The van der Waals surface area contributed by atoms with Crippen molar-refractivity contribution in [2.24, 2.45) is 5.73 Å². The number of rotatable bonds is 5. The van der Waals surface area contributed by atoms with Crippen LogP contribution in [0, 0.1) is 0 Å². The third-order valence-corrected chi connectivity index (χ3v) is 2.43. The molecule has 1 aromatic carbocycles. The van der Waals surface area contributed by atoms with E-state index in [-0.39, 0.29) is 30.8 Å². The first kappa shape index (κ1) is 17.4. The number of carbonyl (C=O) groups excluding carboxylic acids is 2. The predicted molar refractivity (Wildman–Crippen MR) is 77.3 cm³/mol. The normalized spacial score (nSPS) is 10.3. The molecule has 0 atom stereocenters. The van der Waals surface area contributed by atoms with Crippen LogP contribution in [0.1, 0.15) is 24.2 Å². The number of hydrogen-bond donors (Lipinski definition) is 3. The highest BCUT2D eigenvalue weighted by Gasteiger charge is 2.18. The second-order valence-corrected chi connectivity index (χ2v) is 4.68. The summed E-state index contributed by atoms with van der Waals surface area (Å²) in [6.07, 6.45) is 0. The molecule has 2 amide bonds. The van der Waals surface area contributed by atoms with E-state index >= 15 is 0 Å². The number of benzene rings is 1. The fourth-order valence-corrected chi connectivity index (χ4v) is 1.32. The summed E-state index contributed by atoms with van der Waals surface area (Å²) in [5.74, 6) is -0.522. The number of nitrogens with one attached hydrogen (secondary N) is 2. The van der Waals surface area contributed by atoms with Crippen molar-refractivity contribution in [1.82, 2.24) is 10.6 Å². The molecule has 0 radical (unpaired) electrons. The number of amides is 2. The van der Waals surface area contributed by atoms with Gasteiger partial charge in [0.15, 0.2) is 0 Å². The highest BCUT2D eigenvalue weighted by molar-refractivity contribution is 5.96. The SMILES string of the molecule is CC(C)(CN)NC(=O)CNC(=O)c1ccccc1.Cl. The fraction of sp³-hybridized carbons (Fsp3) is 0.385. The highest BCUT2D eigenvalue weighted by Crippen LogP contribution is 1.99. The largest absolute Gasteiger partial charge is 0.348 e. The van der Waals surface area contributed by atoms with Crippen molar-refractivity contribution >= 4 is 24.2 Å². The Kier molecular flexibility index (Phi) is 7.11. The van der Waals surface area contributed by atoms with Crippen molar-refractivity contribution in [1.29, 1.82) is 0 Å². The smallest absolute Gasteiger partial charge is 0.251 e. The van der Waals surface area contributed by atoms with Crippen LogP contribution >= 0.6 is 12.4 Å². The number of carbonyl (C=O) groups is 2. The van der Waals surface area contributed by atoms with E-state index in [9.17, 15) is 9.59 Å². The number of halogens is 1. The van der Waals surface area contributed by atoms with Gasteiger partial charge in [0.2, 0.25) is 5.91 Å². The van der Waals surface area contributed by atoms with Crippen LogP contribution in [0.4, 0.5) is 0 Å². The molecular formula is C13H20ClN3O2. The Morgan fingerprint density at radius 2 is 1.79 bits per heavy atom. The van der Waals surface area contributed by atoms with E-state index in [1.54, 1.807) is 24.3 Å². The summed E-state index contributed by atoms with van der Waals surface area (Å²) >= 11 is 0. The lowest BCUT2D eigenvalue weighted by Gasteiger charge is -2.24. The van der Waals surface area contributed by atoms with Crippen LogP contribution in [0.5, 0.6) is 0 Å². The minimum atomic E-state index is -0.464. The van der Waals surface area contributed by atoms with Gasteiger partial charge in [0.25, 0.3) is 5.91 Å². The topological polar surface area (TPSA) is 84.2 Å². The molecule has 0 fully saturated rings. The van der Waals surface area contributed by atoms with Gasteiger partial charge in [0.1, 0.15) is 0 Å². The molecular weight excluding hydrogens is 266 g/mol.